The number of carbonyl (C=O) groups is 3. The van der Waals surface area contributed by atoms with E-state index in [0.29, 0.717) is 53.2 Å². The van der Waals surface area contributed by atoms with Gasteiger partial charge in [-0.1, -0.05) is 37.4 Å². The van der Waals surface area contributed by atoms with Gasteiger partial charge in [0.05, 0.1) is 13.7 Å². The maximum atomic E-state index is 11.8. The summed E-state index contributed by atoms with van der Waals surface area (Å²) in [5.74, 6) is 0.0924. The molecule has 172 valence electrons. The van der Waals surface area contributed by atoms with Crippen molar-refractivity contribution in [2.24, 2.45) is 0 Å². The molecule has 2 aromatic carbocycles. The molecule has 0 fully saturated rings. The summed E-state index contributed by atoms with van der Waals surface area (Å²) in [5, 5.41) is 0. The molecular formula is C27H28O6. The fraction of sp³-hybridized carbons (Fsp3) is 0.222. The average molecular weight is 449 g/mol. The van der Waals surface area contributed by atoms with Gasteiger partial charge in [0.1, 0.15) is 11.5 Å². The first-order valence-electron chi connectivity index (χ1n) is 10.4. The highest BCUT2D eigenvalue weighted by Crippen LogP contribution is 2.27. The summed E-state index contributed by atoms with van der Waals surface area (Å²) in [5.41, 5.74) is 3.56. The maximum absolute atomic E-state index is 11.8. The number of aldehydes is 1. The predicted molar refractivity (Wildman–Crippen MR) is 128 cm³/mol. The van der Waals surface area contributed by atoms with Gasteiger partial charge in [-0.25, -0.2) is 9.59 Å². The van der Waals surface area contributed by atoms with Crippen LogP contribution in [-0.2, 0) is 25.5 Å². The van der Waals surface area contributed by atoms with E-state index in [2.05, 4.69) is 13.2 Å². The molecule has 2 aromatic rings. The summed E-state index contributed by atoms with van der Waals surface area (Å²) in [7, 11) is 1.57. The largest absolute Gasteiger partial charge is 0.496 e. The number of methoxy groups -OCH3 is 1. The molecule has 0 saturated carbocycles. The van der Waals surface area contributed by atoms with Crippen molar-refractivity contribution in [3.05, 3.63) is 83.5 Å². The molecule has 0 atom stereocenters. The van der Waals surface area contributed by atoms with Crippen molar-refractivity contribution in [1.29, 1.82) is 0 Å². The Balaban J connectivity index is 2.12. The Kier molecular flexibility index (Phi) is 9.36. The van der Waals surface area contributed by atoms with Crippen molar-refractivity contribution in [3.8, 4) is 11.5 Å². The molecule has 0 radical (unpaired) electrons. The van der Waals surface area contributed by atoms with Crippen molar-refractivity contribution in [1.82, 2.24) is 0 Å². The molecule has 0 aliphatic carbocycles. The fourth-order valence-electron chi connectivity index (χ4n) is 2.86. The third-order valence-corrected chi connectivity index (χ3v) is 4.67. The Bertz CT molecular complexity index is 1080. The average Bonchev–Trinajstić information content (AvgIpc) is 2.80. The Morgan fingerprint density at radius 3 is 2.21 bits per heavy atom. The molecule has 0 bridgehead atoms. The number of ether oxygens (including phenoxy) is 3. The maximum Gasteiger partial charge on any atom is 0.338 e. The molecule has 0 N–H and O–H groups in total. The van der Waals surface area contributed by atoms with Crippen LogP contribution in [0.3, 0.4) is 0 Å². The van der Waals surface area contributed by atoms with E-state index in [-0.39, 0.29) is 0 Å². The van der Waals surface area contributed by atoms with Crippen molar-refractivity contribution < 1.29 is 28.6 Å². The lowest BCUT2D eigenvalue weighted by Crippen LogP contribution is -2.08. The van der Waals surface area contributed by atoms with Gasteiger partial charge in [0, 0.05) is 22.3 Å². The topological polar surface area (TPSA) is 78.9 Å². The monoisotopic (exact) mass is 448 g/mol. The summed E-state index contributed by atoms with van der Waals surface area (Å²) >= 11 is 0. The minimum absolute atomic E-state index is 0.302. The molecule has 0 heterocycles. The number of hydrogen-bond donors (Lipinski definition) is 0. The van der Waals surface area contributed by atoms with Crippen LogP contribution in [0.4, 0.5) is 0 Å². The number of esters is 2. The fourth-order valence-corrected chi connectivity index (χ4v) is 2.86. The molecule has 0 spiro atoms. The van der Waals surface area contributed by atoms with Gasteiger partial charge in [-0.05, 0) is 62.1 Å². The Labute approximate surface area is 194 Å². The normalized spacial score (nSPS) is 10.8. The van der Waals surface area contributed by atoms with Crippen LogP contribution in [0.1, 0.15) is 37.0 Å². The molecule has 0 aliphatic rings. The SMILES string of the molecule is C=C(C)C(=O)OCCCc1ccc(/C=C(\C=O)c2ccc(OC(=O)C(=C)C)cc2)c(OC)c1. The first kappa shape index (κ1) is 25.3. The highest BCUT2D eigenvalue weighted by atomic mass is 16.5. The first-order valence-corrected chi connectivity index (χ1v) is 10.4. The molecule has 6 heteroatoms. The Morgan fingerprint density at radius 2 is 1.64 bits per heavy atom. The zero-order valence-corrected chi connectivity index (χ0v) is 19.2. The molecule has 0 amide bonds. The van der Waals surface area contributed by atoms with Gasteiger partial charge in [-0.15, -0.1) is 0 Å². The van der Waals surface area contributed by atoms with Crippen LogP contribution < -0.4 is 9.47 Å². The first-order chi connectivity index (χ1) is 15.7. The Hall–Kier alpha value is -3.93. The summed E-state index contributed by atoms with van der Waals surface area (Å²) in [6, 6.07) is 12.4. The van der Waals surface area contributed by atoms with Crippen LogP contribution in [0.25, 0.3) is 11.6 Å². The second-order valence-corrected chi connectivity index (χ2v) is 7.51. The summed E-state index contributed by atoms with van der Waals surface area (Å²) in [4.78, 5) is 34.8. The molecule has 0 aliphatic heterocycles. The van der Waals surface area contributed by atoms with Crippen molar-refractivity contribution >= 4 is 29.9 Å². The zero-order valence-electron chi connectivity index (χ0n) is 19.2. The van der Waals surface area contributed by atoms with Gasteiger partial charge in [-0.3, -0.25) is 4.79 Å². The molecule has 6 nitrogen and oxygen atoms in total. The molecule has 0 unspecified atom stereocenters. The van der Waals surface area contributed by atoms with E-state index < -0.39 is 11.9 Å². The quantitative estimate of drug-likeness (QED) is 0.121. The van der Waals surface area contributed by atoms with E-state index in [1.54, 1.807) is 51.3 Å². The van der Waals surface area contributed by atoms with E-state index in [1.165, 1.54) is 0 Å². The lowest BCUT2D eigenvalue weighted by molar-refractivity contribution is -0.139. The molecule has 33 heavy (non-hydrogen) atoms. The predicted octanol–water partition coefficient (Wildman–Crippen LogP) is 4.97. The van der Waals surface area contributed by atoms with E-state index in [9.17, 15) is 14.4 Å². The number of benzene rings is 2. The molecular weight excluding hydrogens is 420 g/mol. The van der Waals surface area contributed by atoms with Crippen LogP contribution in [0.15, 0.2) is 66.8 Å². The van der Waals surface area contributed by atoms with Gasteiger partial charge in [0.2, 0.25) is 0 Å². The van der Waals surface area contributed by atoms with E-state index in [1.807, 2.05) is 18.2 Å². The minimum Gasteiger partial charge on any atom is -0.496 e. The number of carbonyl (C=O) groups excluding carboxylic acids is 3. The van der Waals surface area contributed by atoms with Crippen LogP contribution in [0, 0.1) is 0 Å². The number of allylic oxidation sites excluding steroid dienone is 1. The van der Waals surface area contributed by atoms with E-state index in [4.69, 9.17) is 14.2 Å². The second-order valence-electron chi connectivity index (χ2n) is 7.51. The molecule has 0 aromatic heterocycles. The lowest BCUT2D eigenvalue weighted by Gasteiger charge is -2.10. The third-order valence-electron chi connectivity index (χ3n) is 4.67. The number of hydrogen-bond acceptors (Lipinski definition) is 6. The highest BCUT2D eigenvalue weighted by Gasteiger charge is 2.09. The number of aryl methyl sites for hydroxylation is 1. The van der Waals surface area contributed by atoms with Gasteiger partial charge in [0.25, 0.3) is 0 Å². The van der Waals surface area contributed by atoms with Gasteiger partial charge >= 0.3 is 11.9 Å². The lowest BCUT2D eigenvalue weighted by atomic mass is 10.0. The van der Waals surface area contributed by atoms with Gasteiger partial charge in [0.15, 0.2) is 6.29 Å². The van der Waals surface area contributed by atoms with Crippen molar-refractivity contribution in [3.63, 3.8) is 0 Å². The highest BCUT2D eigenvalue weighted by molar-refractivity contribution is 6.13. The molecule has 2 rings (SSSR count). The third kappa shape index (κ3) is 7.61. The van der Waals surface area contributed by atoms with Crippen LogP contribution >= 0.6 is 0 Å². The van der Waals surface area contributed by atoms with E-state index in [0.717, 1.165) is 17.4 Å². The standard InChI is InChI=1S/C27H28O6/c1-18(2)26(29)32-14-6-7-20-8-9-22(25(15-20)31-5)16-23(17-28)21-10-12-24(13-11-21)33-27(30)19(3)4/h8-13,15-17H,1,3,6-7,14H2,2,4-5H3/b23-16+. The minimum atomic E-state index is -0.507. The summed E-state index contributed by atoms with van der Waals surface area (Å²) in [6.45, 7) is 10.6. The smallest absolute Gasteiger partial charge is 0.338 e. The number of rotatable bonds is 11. The van der Waals surface area contributed by atoms with Crippen molar-refractivity contribution in [2.45, 2.75) is 26.7 Å². The Morgan fingerprint density at radius 1 is 0.970 bits per heavy atom. The van der Waals surface area contributed by atoms with Crippen molar-refractivity contribution in [2.75, 3.05) is 13.7 Å². The zero-order chi connectivity index (χ0) is 24.4. The molecule has 0 saturated heterocycles. The second kappa shape index (κ2) is 12.2. The van der Waals surface area contributed by atoms with Crippen LogP contribution in [0.5, 0.6) is 11.5 Å². The summed E-state index contributed by atoms with van der Waals surface area (Å²) in [6.07, 6.45) is 3.87. The van der Waals surface area contributed by atoms with E-state index >= 15 is 0 Å². The summed E-state index contributed by atoms with van der Waals surface area (Å²) < 4.78 is 15.8. The van der Waals surface area contributed by atoms with Gasteiger partial charge < -0.3 is 14.2 Å². The van der Waals surface area contributed by atoms with Gasteiger partial charge in [-0.2, -0.15) is 0 Å². The van der Waals surface area contributed by atoms with Crippen LogP contribution in [0.2, 0.25) is 0 Å². The van der Waals surface area contributed by atoms with Crippen LogP contribution in [-0.4, -0.2) is 31.9 Å².